The van der Waals surface area contributed by atoms with Crippen LogP contribution in [-0.4, -0.2) is 24.4 Å². The first-order valence-corrected chi connectivity index (χ1v) is 8.35. The number of thiophene rings is 1. The van der Waals surface area contributed by atoms with Crippen molar-refractivity contribution in [2.45, 2.75) is 19.4 Å². The van der Waals surface area contributed by atoms with Crippen LogP contribution in [0.4, 0.5) is 10.7 Å². The van der Waals surface area contributed by atoms with Gasteiger partial charge < -0.3 is 16.0 Å². The van der Waals surface area contributed by atoms with Gasteiger partial charge >= 0.3 is 0 Å². The van der Waals surface area contributed by atoms with E-state index in [0.29, 0.717) is 29.1 Å². The van der Waals surface area contributed by atoms with Crippen LogP contribution in [0.1, 0.15) is 27.9 Å². The summed E-state index contributed by atoms with van der Waals surface area (Å²) < 4.78 is 0. The predicted molar refractivity (Wildman–Crippen MR) is 93.1 cm³/mol. The van der Waals surface area contributed by atoms with Gasteiger partial charge in [0, 0.05) is 17.8 Å². The summed E-state index contributed by atoms with van der Waals surface area (Å²) in [7, 11) is 0. The molecule has 1 atom stereocenters. The van der Waals surface area contributed by atoms with Crippen molar-refractivity contribution in [2.24, 2.45) is 5.73 Å². The fourth-order valence-electron chi connectivity index (χ4n) is 2.84. The minimum Gasteiger partial charge on any atom is -0.374 e. The molecule has 1 unspecified atom stereocenters. The summed E-state index contributed by atoms with van der Waals surface area (Å²) in [6, 6.07) is 8.70. The van der Waals surface area contributed by atoms with E-state index in [9.17, 15) is 9.59 Å². The summed E-state index contributed by atoms with van der Waals surface area (Å²) in [6.45, 7) is 2.38. The van der Waals surface area contributed by atoms with E-state index in [-0.39, 0.29) is 11.9 Å². The second kappa shape index (κ2) is 6.34. The Morgan fingerprint density at radius 2 is 2.25 bits per heavy atom. The Hall–Kier alpha value is -2.85. The van der Waals surface area contributed by atoms with E-state index in [4.69, 9.17) is 11.0 Å². The van der Waals surface area contributed by atoms with Crippen molar-refractivity contribution in [1.29, 1.82) is 5.26 Å². The van der Waals surface area contributed by atoms with Gasteiger partial charge in [0.1, 0.15) is 17.1 Å². The third kappa shape index (κ3) is 2.84. The Labute approximate surface area is 143 Å². The largest absolute Gasteiger partial charge is 0.374 e. The second-order valence-electron chi connectivity index (χ2n) is 5.62. The molecule has 24 heavy (non-hydrogen) atoms. The first-order chi connectivity index (χ1) is 11.5. The van der Waals surface area contributed by atoms with Crippen LogP contribution in [0.15, 0.2) is 29.6 Å². The maximum Gasteiger partial charge on any atom is 0.250 e. The number of carbonyl (C=O) groups is 2. The average Bonchev–Trinajstić information content (AvgIpc) is 3.14. The molecule has 6 nitrogen and oxygen atoms in total. The van der Waals surface area contributed by atoms with Gasteiger partial charge in [0.25, 0.3) is 0 Å². The molecule has 1 aliphatic heterocycles. The number of nitrogens with one attached hydrogen (secondary N) is 1. The molecule has 1 aromatic heterocycles. The minimum atomic E-state index is -0.469. The molecule has 3 N–H and O–H groups in total. The maximum atomic E-state index is 12.6. The van der Waals surface area contributed by atoms with Crippen molar-refractivity contribution in [1.82, 2.24) is 0 Å². The molecule has 0 spiro atoms. The lowest BCUT2D eigenvalue weighted by Crippen LogP contribution is -2.33. The number of nitrogens with zero attached hydrogens (tertiary/aromatic N) is 2. The van der Waals surface area contributed by atoms with E-state index in [1.54, 1.807) is 30.0 Å². The zero-order chi connectivity index (χ0) is 17.3. The number of carbonyl (C=O) groups excluding carboxylic acids is 2. The van der Waals surface area contributed by atoms with Crippen LogP contribution in [0.25, 0.3) is 0 Å². The van der Waals surface area contributed by atoms with Crippen LogP contribution in [-0.2, 0) is 4.79 Å². The van der Waals surface area contributed by atoms with Gasteiger partial charge in [-0.05, 0) is 48.6 Å². The number of amides is 2. The molecule has 1 aliphatic rings. The molecule has 0 saturated carbocycles. The van der Waals surface area contributed by atoms with Crippen molar-refractivity contribution < 1.29 is 9.59 Å². The molecular weight excluding hydrogens is 324 g/mol. The molecule has 3 rings (SSSR count). The summed E-state index contributed by atoms with van der Waals surface area (Å²) in [5.41, 5.74) is 7.83. The minimum absolute atomic E-state index is 0.0504. The molecule has 0 radical (unpaired) electrons. The summed E-state index contributed by atoms with van der Waals surface area (Å²) in [6.07, 6.45) is 0.651. The number of nitrogens with two attached hydrogens (primary N) is 1. The number of primary amides is 1. The molecule has 0 bridgehead atoms. The zero-order valence-corrected chi connectivity index (χ0v) is 13.9. The fourth-order valence-corrected chi connectivity index (χ4v) is 3.72. The van der Waals surface area contributed by atoms with Gasteiger partial charge in [-0.25, -0.2) is 0 Å². The topological polar surface area (TPSA) is 99.2 Å². The van der Waals surface area contributed by atoms with Crippen molar-refractivity contribution in [2.75, 3.05) is 16.8 Å². The summed E-state index contributed by atoms with van der Waals surface area (Å²) >= 11 is 1.39. The summed E-state index contributed by atoms with van der Waals surface area (Å²) in [4.78, 5) is 25.6. The molecule has 1 saturated heterocycles. The lowest BCUT2D eigenvalue weighted by molar-refractivity contribution is -0.117. The third-order valence-corrected chi connectivity index (χ3v) is 4.98. The van der Waals surface area contributed by atoms with Crippen molar-refractivity contribution in [3.05, 3.63) is 46.3 Å². The standard InChI is InChI=1S/C17H16N4O2S/c1-10-8-12(2-3-13(10)15(19)22)20-14-4-6-21(16(14)23)17-11(9-18)5-7-24-17/h2-3,5,7-8,14,20H,4,6H2,1H3,(H2,19,22). The molecule has 1 fully saturated rings. The molecule has 1 aromatic carbocycles. The van der Waals surface area contributed by atoms with Gasteiger partial charge in [-0.1, -0.05) is 0 Å². The third-order valence-electron chi connectivity index (χ3n) is 4.05. The normalized spacial score (nSPS) is 16.9. The molecular formula is C17H16N4O2S. The first kappa shape index (κ1) is 16.0. The number of benzene rings is 1. The molecule has 2 aromatic rings. The van der Waals surface area contributed by atoms with Crippen LogP contribution >= 0.6 is 11.3 Å². The number of hydrogen-bond acceptors (Lipinski definition) is 5. The van der Waals surface area contributed by atoms with Gasteiger partial charge in [0.15, 0.2) is 0 Å². The van der Waals surface area contributed by atoms with Crippen LogP contribution in [0, 0.1) is 18.3 Å². The summed E-state index contributed by atoms with van der Waals surface area (Å²) in [5.74, 6) is -0.519. The fraction of sp³-hybridized carbons (Fsp3) is 0.235. The zero-order valence-electron chi connectivity index (χ0n) is 13.1. The number of aryl methyl sites for hydroxylation is 1. The molecule has 0 aliphatic carbocycles. The van der Waals surface area contributed by atoms with E-state index in [2.05, 4.69) is 11.4 Å². The Morgan fingerprint density at radius 1 is 1.46 bits per heavy atom. The highest BCUT2D eigenvalue weighted by molar-refractivity contribution is 7.14. The van der Waals surface area contributed by atoms with Crippen LogP contribution in [0.3, 0.4) is 0 Å². The van der Waals surface area contributed by atoms with E-state index in [0.717, 1.165) is 11.3 Å². The van der Waals surface area contributed by atoms with Crippen molar-refractivity contribution in [3.63, 3.8) is 0 Å². The SMILES string of the molecule is Cc1cc(NC2CCN(c3sccc3C#N)C2=O)ccc1C(N)=O. The Kier molecular flexibility index (Phi) is 4.23. The van der Waals surface area contributed by atoms with Crippen LogP contribution in [0.2, 0.25) is 0 Å². The van der Waals surface area contributed by atoms with Crippen LogP contribution in [0.5, 0.6) is 0 Å². The maximum absolute atomic E-state index is 12.6. The predicted octanol–water partition coefficient (Wildman–Crippen LogP) is 2.24. The number of anilines is 2. The van der Waals surface area contributed by atoms with E-state index in [1.807, 2.05) is 11.4 Å². The Bertz CT molecular complexity index is 853. The van der Waals surface area contributed by atoms with Crippen molar-refractivity contribution >= 4 is 33.8 Å². The van der Waals surface area contributed by atoms with Gasteiger partial charge in [0.2, 0.25) is 11.8 Å². The highest BCUT2D eigenvalue weighted by atomic mass is 32.1. The lowest BCUT2D eigenvalue weighted by Gasteiger charge is -2.17. The van der Waals surface area contributed by atoms with E-state index >= 15 is 0 Å². The van der Waals surface area contributed by atoms with Gasteiger partial charge in [-0.3, -0.25) is 9.59 Å². The smallest absolute Gasteiger partial charge is 0.250 e. The summed E-state index contributed by atoms with van der Waals surface area (Å²) in [5, 5.41) is 14.8. The molecule has 2 heterocycles. The van der Waals surface area contributed by atoms with Crippen LogP contribution < -0.4 is 16.0 Å². The van der Waals surface area contributed by atoms with E-state index in [1.165, 1.54) is 11.3 Å². The van der Waals surface area contributed by atoms with Crippen molar-refractivity contribution in [3.8, 4) is 6.07 Å². The first-order valence-electron chi connectivity index (χ1n) is 7.47. The highest BCUT2D eigenvalue weighted by Crippen LogP contribution is 2.31. The quantitative estimate of drug-likeness (QED) is 0.891. The molecule has 122 valence electrons. The average molecular weight is 340 g/mol. The monoisotopic (exact) mass is 340 g/mol. The Morgan fingerprint density at radius 3 is 2.92 bits per heavy atom. The van der Waals surface area contributed by atoms with Gasteiger partial charge in [0.05, 0.1) is 5.56 Å². The van der Waals surface area contributed by atoms with Gasteiger partial charge in [-0.15, -0.1) is 11.3 Å². The highest BCUT2D eigenvalue weighted by Gasteiger charge is 2.34. The molecule has 7 heteroatoms. The van der Waals surface area contributed by atoms with Gasteiger partial charge in [-0.2, -0.15) is 5.26 Å². The number of hydrogen-bond donors (Lipinski definition) is 2. The second-order valence-corrected chi connectivity index (χ2v) is 6.52. The number of nitriles is 1. The molecule has 2 amide bonds. The lowest BCUT2D eigenvalue weighted by atomic mass is 10.1. The van der Waals surface area contributed by atoms with E-state index < -0.39 is 5.91 Å². The number of rotatable bonds is 4. The Balaban J connectivity index is 1.76.